The predicted molar refractivity (Wildman–Crippen MR) is 39.7 cm³/mol. The zero-order chi connectivity index (χ0) is 8.04. The van der Waals surface area contributed by atoms with Crippen LogP contribution < -0.4 is 5.32 Å². The SMILES string of the molecule is CC(C)(C)NCCOC[18F]. The van der Waals surface area contributed by atoms with Crippen molar-refractivity contribution < 1.29 is 9.13 Å². The Morgan fingerprint density at radius 1 is 1.40 bits per heavy atom. The molecule has 0 aliphatic carbocycles. The molecule has 0 aromatic rings. The normalized spacial score (nSPS) is 12.0. The Labute approximate surface area is 61.8 Å². The van der Waals surface area contributed by atoms with Crippen LogP contribution in [0.15, 0.2) is 0 Å². The summed E-state index contributed by atoms with van der Waals surface area (Å²) in [7, 11) is 0. The smallest absolute Gasteiger partial charge is 0.188 e. The monoisotopic (exact) mass is 148 g/mol. The van der Waals surface area contributed by atoms with Crippen LogP contribution in [0.3, 0.4) is 0 Å². The Balaban J connectivity index is 3.04. The number of hydrogen-bond acceptors (Lipinski definition) is 2. The number of hydrogen-bond donors (Lipinski definition) is 1. The first-order valence-corrected chi connectivity index (χ1v) is 3.45. The van der Waals surface area contributed by atoms with E-state index in [1.807, 2.05) is 0 Å². The molecular formula is C7H16FNO. The molecule has 0 atom stereocenters. The van der Waals surface area contributed by atoms with Gasteiger partial charge in [0.2, 0.25) is 0 Å². The van der Waals surface area contributed by atoms with Gasteiger partial charge in [0.25, 0.3) is 0 Å². The van der Waals surface area contributed by atoms with Crippen molar-refractivity contribution in [3.8, 4) is 0 Å². The second kappa shape index (κ2) is 4.63. The first-order chi connectivity index (χ1) is 4.56. The van der Waals surface area contributed by atoms with Crippen LogP contribution in [-0.2, 0) is 4.74 Å². The fourth-order valence-electron chi connectivity index (χ4n) is 0.553. The minimum absolute atomic E-state index is 0.0969. The summed E-state index contributed by atoms with van der Waals surface area (Å²) in [6.07, 6.45) is 0. The average Bonchev–Trinajstić information content (AvgIpc) is 1.78. The van der Waals surface area contributed by atoms with Crippen molar-refractivity contribution in [3.63, 3.8) is 0 Å². The number of alkyl halides is 1. The van der Waals surface area contributed by atoms with Crippen LogP contribution in [0.5, 0.6) is 0 Å². The zero-order valence-electron chi connectivity index (χ0n) is 6.91. The van der Waals surface area contributed by atoms with Crippen molar-refractivity contribution in [2.75, 3.05) is 20.0 Å². The Morgan fingerprint density at radius 3 is 2.40 bits per heavy atom. The lowest BCUT2D eigenvalue weighted by atomic mass is 10.1. The standard InChI is InChI=1S/C7H16FNO/c1-7(2,3)9-4-5-10-6-8/h9H,4-6H2,1-3H3/i8-1. The lowest BCUT2D eigenvalue weighted by molar-refractivity contribution is 0.0573. The maximum Gasteiger partial charge on any atom is 0.188 e. The van der Waals surface area contributed by atoms with Gasteiger partial charge >= 0.3 is 0 Å². The molecule has 10 heavy (non-hydrogen) atoms. The number of halogens is 1. The van der Waals surface area contributed by atoms with Crippen molar-refractivity contribution in [2.45, 2.75) is 26.3 Å². The van der Waals surface area contributed by atoms with Gasteiger partial charge in [-0.25, -0.2) is 4.39 Å². The molecule has 0 heterocycles. The fourth-order valence-corrected chi connectivity index (χ4v) is 0.553. The van der Waals surface area contributed by atoms with Gasteiger partial charge in [-0.15, -0.1) is 0 Å². The summed E-state index contributed by atoms with van der Waals surface area (Å²) in [5.41, 5.74) is 0.0969. The molecule has 0 saturated heterocycles. The van der Waals surface area contributed by atoms with Gasteiger partial charge in [0.1, 0.15) is 0 Å². The molecule has 1 N–H and O–H groups in total. The van der Waals surface area contributed by atoms with E-state index in [1.54, 1.807) is 0 Å². The Bertz CT molecular complexity index is 80.2. The molecule has 0 bridgehead atoms. The molecule has 0 unspecified atom stereocenters. The highest BCUT2D eigenvalue weighted by atomic mass is 18.2. The van der Waals surface area contributed by atoms with Crippen LogP contribution in [0.25, 0.3) is 0 Å². The molecule has 0 aliphatic rings. The van der Waals surface area contributed by atoms with Gasteiger partial charge in [-0.05, 0) is 20.8 Å². The molecule has 0 aromatic heterocycles. The predicted octanol–water partition coefficient (Wildman–Crippen LogP) is 1.32. The molecular weight excluding hydrogens is 132 g/mol. The minimum Gasteiger partial charge on any atom is -0.349 e. The number of rotatable bonds is 4. The third-order valence-corrected chi connectivity index (χ3v) is 0.979. The van der Waals surface area contributed by atoms with Crippen molar-refractivity contribution in [2.24, 2.45) is 0 Å². The van der Waals surface area contributed by atoms with E-state index in [4.69, 9.17) is 0 Å². The fraction of sp³-hybridized carbons (Fsp3) is 1.00. The van der Waals surface area contributed by atoms with E-state index in [-0.39, 0.29) is 5.54 Å². The van der Waals surface area contributed by atoms with Gasteiger partial charge in [-0.1, -0.05) is 0 Å². The van der Waals surface area contributed by atoms with Crippen molar-refractivity contribution in [3.05, 3.63) is 0 Å². The second-order valence-electron chi connectivity index (χ2n) is 3.19. The van der Waals surface area contributed by atoms with Crippen LogP contribution >= 0.6 is 0 Å². The summed E-state index contributed by atoms with van der Waals surface area (Å²) in [6, 6.07) is 0. The molecule has 0 amide bonds. The summed E-state index contributed by atoms with van der Waals surface area (Å²) in [5.74, 6) is 0. The quantitative estimate of drug-likeness (QED) is 0.607. The highest BCUT2D eigenvalue weighted by Gasteiger charge is 2.06. The van der Waals surface area contributed by atoms with Crippen LogP contribution in [-0.4, -0.2) is 25.6 Å². The van der Waals surface area contributed by atoms with Gasteiger partial charge in [0, 0.05) is 12.1 Å². The number of nitrogens with one attached hydrogen (secondary N) is 1. The molecule has 0 spiro atoms. The molecule has 0 aromatic carbocycles. The molecule has 0 radical (unpaired) electrons. The summed E-state index contributed by atoms with van der Waals surface area (Å²) in [4.78, 5) is 0. The molecule has 0 saturated carbocycles. The first kappa shape index (κ1) is 9.85. The van der Waals surface area contributed by atoms with Gasteiger partial charge in [0.05, 0.1) is 6.61 Å². The van der Waals surface area contributed by atoms with Crippen LogP contribution in [0, 0.1) is 0 Å². The van der Waals surface area contributed by atoms with E-state index in [9.17, 15) is 4.39 Å². The van der Waals surface area contributed by atoms with Gasteiger partial charge in [-0.3, -0.25) is 0 Å². The molecule has 2 nitrogen and oxygen atoms in total. The lowest BCUT2D eigenvalue weighted by Gasteiger charge is -2.19. The Kier molecular flexibility index (Phi) is 4.56. The van der Waals surface area contributed by atoms with Crippen LogP contribution in [0.2, 0.25) is 0 Å². The minimum atomic E-state index is -0.689. The zero-order valence-corrected chi connectivity index (χ0v) is 6.91. The molecule has 0 aliphatic heterocycles. The molecule has 0 rings (SSSR count). The van der Waals surface area contributed by atoms with Crippen molar-refractivity contribution in [1.82, 2.24) is 5.32 Å². The average molecular weight is 148 g/mol. The third kappa shape index (κ3) is 7.85. The second-order valence-corrected chi connectivity index (χ2v) is 3.19. The molecule has 0 fully saturated rings. The topological polar surface area (TPSA) is 21.3 Å². The molecule has 3 heteroatoms. The van der Waals surface area contributed by atoms with Gasteiger partial charge in [0.15, 0.2) is 6.86 Å². The lowest BCUT2D eigenvalue weighted by Crippen LogP contribution is -2.37. The van der Waals surface area contributed by atoms with Gasteiger partial charge in [-0.2, -0.15) is 0 Å². The summed E-state index contributed by atoms with van der Waals surface area (Å²) >= 11 is 0. The highest BCUT2D eigenvalue weighted by Crippen LogP contribution is 1.96. The van der Waals surface area contributed by atoms with E-state index in [1.165, 1.54) is 0 Å². The van der Waals surface area contributed by atoms with E-state index < -0.39 is 6.86 Å². The maximum absolute atomic E-state index is 11.4. The number of ether oxygens (including phenoxy) is 1. The van der Waals surface area contributed by atoms with Crippen LogP contribution in [0.4, 0.5) is 4.39 Å². The third-order valence-electron chi connectivity index (χ3n) is 0.979. The van der Waals surface area contributed by atoms with E-state index in [0.29, 0.717) is 13.2 Å². The van der Waals surface area contributed by atoms with Crippen molar-refractivity contribution >= 4 is 0 Å². The Hall–Kier alpha value is -0.150. The largest absolute Gasteiger partial charge is 0.349 e. The van der Waals surface area contributed by atoms with E-state index in [2.05, 4.69) is 30.8 Å². The summed E-state index contributed by atoms with van der Waals surface area (Å²) < 4.78 is 15.9. The highest BCUT2D eigenvalue weighted by molar-refractivity contribution is 4.69. The van der Waals surface area contributed by atoms with E-state index >= 15 is 0 Å². The molecule has 62 valence electrons. The van der Waals surface area contributed by atoms with Crippen molar-refractivity contribution in [1.29, 1.82) is 0 Å². The maximum atomic E-state index is 11.4. The summed E-state index contributed by atoms with van der Waals surface area (Å²) in [5, 5.41) is 3.16. The van der Waals surface area contributed by atoms with E-state index in [0.717, 1.165) is 0 Å². The summed E-state index contributed by atoms with van der Waals surface area (Å²) in [6.45, 7) is 6.63. The van der Waals surface area contributed by atoms with Gasteiger partial charge < -0.3 is 10.1 Å². The Morgan fingerprint density at radius 2 is 2.00 bits per heavy atom. The van der Waals surface area contributed by atoms with Crippen LogP contribution in [0.1, 0.15) is 20.8 Å². The first-order valence-electron chi connectivity index (χ1n) is 3.45.